The van der Waals surface area contributed by atoms with Crippen LogP contribution in [0.15, 0.2) is 27.5 Å². The molecule has 2 aromatic rings. The van der Waals surface area contributed by atoms with E-state index in [0.29, 0.717) is 11.6 Å². The molecule has 1 aliphatic rings. The first-order valence-electron chi connectivity index (χ1n) is 7.07. The number of amides is 1. The van der Waals surface area contributed by atoms with Crippen molar-refractivity contribution in [2.45, 2.75) is 38.6 Å². The van der Waals surface area contributed by atoms with Crippen molar-refractivity contribution in [1.82, 2.24) is 4.90 Å². The van der Waals surface area contributed by atoms with E-state index >= 15 is 0 Å². The number of furan rings is 1. The van der Waals surface area contributed by atoms with Gasteiger partial charge in [-0.15, -0.1) is 0 Å². The van der Waals surface area contributed by atoms with E-state index in [1.807, 2.05) is 35.6 Å². The second-order valence-corrected chi connectivity index (χ2v) is 7.11. The molecule has 0 fully saturated rings. The molecule has 1 amide bonds. The summed E-state index contributed by atoms with van der Waals surface area (Å²) in [7, 11) is 0. The molecule has 3 nitrogen and oxygen atoms in total. The summed E-state index contributed by atoms with van der Waals surface area (Å²) in [5, 5.41) is 4.53. The maximum atomic E-state index is 13.0. The zero-order valence-corrected chi connectivity index (χ0v) is 13.8. The van der Waals surface area contributed by atoms with Crippen LogP contribution in [0.5, 0.6) is 0 Å². The second kappa shape index (κ2) is 5.50. The zero-order valence-electron chi connectivity index (χ0n) is 12.2. The van der Waals surface area contributed by atoms with Gasteiger partial charge >= 0.3 is 0 Å². The van der Waals surface area contributed by atoms with Gasteiger partial charge < -0.3 is 9.32 Å². The quantitative estimate of drug-likeness (QED) is 0.828. The monoisotopic (exact) mass is 323 g/mol. The molecule has 0 radical (unpaired) electrons. The number of carbonyl (C=O) groups excluding carboxylic acids is 1. The van der Waals surface area contributed by atoms with Gasteiger partial charge in [-0.25, -0.2) is 0 Å². The topological polar surface area (TPSA) is 33.5 Å². The molecule has 0 N–H and O–H groups in total. The van der Waals surface area contributed by atoms with Crippen molar-refractivity contribution in [3.8, 4) is 0 Å². The summed E-state index contributed by atoms with van der Waals surface area (Å²) < 4.78 is 5.48. The predicted molar refractivity (Wildman–Crippen MR) is 84.8 cm³/mol. The van der Waals surface area contributed by atoms with Crippen molar-refractivity contribution in [2.24, 2.45) is 0 Å². The second-order valence-electron chi connectivity index (χ2n) is 5.96. The number of carbonyl (C=O) groups is 1. The van der Waals surface area contributed by atoms with Crippen LogP contribution in [0.4, 0.5) is 0 Å². The van der Waals surface area contributed by atoms with Crippen LogP contribution < -0.4 is 0 Å². The normalized spacial score (nSPS) is 15.7. The smallest absolute Gasteiger partial charge is 0.233 e. The molecular weight excluding hydrogens is 306 g/mol. The minimum Gasteiger partial charge on any atom is -0.469 e. The molecule has 0 saturated heterocycles. The summed E-state index contributed by atoms with van der Waals surface area (Å²) in [5.74, 6) is 1.13. The van der Waals surface area contributed by atoms with Gasteiger partial charge in [-0.05, 0) is 37.3 Å². The number of nitrogens with zero attached hydrogens (tertiary/aromatic N) is 1. The maximum absolute atomic E-state index is 13.0. The van der Waals surface area contributed by atoms with Gasteiger partial charge in [0, 0.05) is 30.5 Å². The first-order valence-corrected chi connectivity index (χ1v) is 8.39. The van der Waals surface area contributed by atoms with Gasteiger partial charge in [0.2, 0.25) is 5.91 Å². The lowest BCUT2D eigenvalue weighted by Gasteiger charge is -2.31. The molecule has 0 saturated carbocycles. The standard InChI is InChI=1S/C16H18ClNO2S/c1-16(2,12-9-21-10-13(12)17)15(19)18-6-3-4-14-11(8-18)5-7-20-14/h5,7,9-10H,3-4,6,8H2,1-2H3. The minimum atomic E-state index is -0.606. The van der Waals surface area contributed by atoms with Crippen molar-refractivity contribution in [3.63, 3.8) is 0 Å². The highest BCUT2D eigenvalue weighted by atomic mass is 35.5. The summed E-state index contributed by atoms with van der Waals surface area (Å²) >= 11 is 7.76. The van der Waals surface area contributed by atoms with Crippen LogP contribution >= 0.6 is 22.9 Å². The number of hydrogen-bond acceptors (Lipinski definition) is 3. The number of thiophene rings is 1. The van der Waals surface area contributed by atoms with E-state index in [-0.39, 0.29) is 5.91 Å². The lowest BCUT2D eigenvalue weighted by molar-refractivity contribution is -0.136. The maximum Gasteiger partial charge on any atom is 0.233 e. The van der Waals surface area contributed by atoms with E-state index in [2.05, 4.69) is 0 Å². The van der Waals surface area contributed by atoms with E-state index in [9.17, 15) is 4.79 Å². The summed E-state index contributed by atoms with van der Waals surface area (Å²) in [5.41, 5.74) is 1.43. The molecule has 0 bridgehead atoms. The summed E-state index contributed by atoms with van der Waals surface area (Å²) in [4.78, 5) is 14.9. The van der Waals surface area contributed by atoms with Crippen LogP contribution in [0.3, 0.4) is 0 Å². The fourth-order valence-electron chi connectivity index (χ4n) is 2.85. The van der Waals surface area contributed by atoms with Crippen molar-refractivity contribution in [1.29, 1.82) is 0 Å². The van der Waals surface area contributed by atoms with Crippen LogP contribution in [0.25, 0.3) is 0 Å². The molecule has 5 heteroatoms. The molecular formula is C16H18ClNO2S. The van der Waals surface area contributed by atoms with Crippen molar-refractivity contribution < 1.29 is 9.21 Å². The highest BCUT2D eigenvalue weighted by molar-refractivity contribution is 7.08. The Morgan fingerprint density at radius 1 is 1.43 bits per heavy atom. The lowest BCUT2D eigenvalue weighted by Crippen LogP contribution is -2.43. The van der Waals surface area contributed by atoms with E-state index in [1.54, 1.807) is 6.26 Å². The molecule has 0 spiro atoms. The van der Waals surface area contributed by atoms with Gasteiger partial charge in [-0.2, -0.15) is 11.3 Å². The first kappa shape index (κ1) is 14.7. The van der Waals surface area contributed by atoms with Gasteiger partial charge in [-0.1, -0.05) is 11.6 Å². The third kappa shape index (κ3) is 2.62. The highest BCUT2D eigenvalue weighted by Crippen LogP contribution is 2.35. The Labute approximate surface area is 133 Å². The molecule has 2 aromatic heterocycles. The third-order valence-corrected chi connectivity index (χ3v) is 5.33. The minimum absolute atomic E-state index is 0.122. The number of halogens is 1. The van der Waals surface area contributed by atoms with E-state index < -0.39 is 5.41 Å². The third-order valence-electron chi connectivity index (χ3n) is 4.14. The van der Waals surface area contributed by atoms with Gasteiger partial charge in [0.25, 0.3) is 0 Å². The Morgan fingerprint density at radius 2 is 2.24 bits per heavy atom. The van der Waals surface area contributed by atoms with E-state index in [4.69, 9.17) is 16.0 Å². The van der Waals surface area contributed by atoms with E-state index in [0.717, 1.165) is 36.3 Å². The van der Waals surface area contributed by atoms with Crippen LogP contribution in [-0.2, 0) is 23.2 Å². The Hall–Kier alpha value is -1.26. The summed E-state index contributed by atoms with van der Waals surface area (Å²) in [6.45, 7) is 5.28. The van der Waals surface area contributed by atoms with Gasteiger partial charge in [0.15, 0.2) is 0 Å². The largest absolute Gasteiger partial charge is 0.469 e. The van der Waals surface area contributed by atoms with Crippen molar-refractivity contribution in [3.05, 3.63) is 45.0 Å². The number of hydrogen-bond donors (Lipinski definition) is 0. The Bertz CT molecular complexity index is 659. The molecule has 0 unspecified atom stereocenters. The molecule has 112 valence electrons. The molecule has 3 heterocycles. The predicted octanol–water partition coefficient (Wildman–Crippen LogP) is 4.25. The number of fused-ring (bicyclic) bond motifs is 1. The molecule has 21 heavy (non-hydrogen) atoms. The Kier molecular flexibility index (Phi) is 3.84. The number of rotatable bonds is 2. The van der Waals surface area contributed by atoms with Crippen LogP contribution in [0.1, 0.15) is 37.2 Å². The fraction of sp³-hybridized carbons (Fsp3) is 0.438. The highest BCUT2D eigenvalue weighted by Gasteiger charge is 2.36. The van der Waals surface area contributed by atoms with Crippen LogP contribution in [-0.4, -0.2) is 17.4 Å². The van der Waals surface area contributed by atoms with Gasteiger partial charge in [-0.3, -0.25) is 4.79 Å². The van der Waals surface area contributed by atoms with Crippen LogP contribution in [0.2, 0.25) is 5.02 Å². The first-order chi connectivity index (χ1) is 10.00. The SMILES string of the molecule is CC(C)(C(=O)N1CCCc2occc2C1)c1cscc1Cl. The lowest BCUT2D eigenvalue weighted by atomic mass is 9.85. The number of aryl methyl sites for hydroxylation is 1. The van der Waals surface area contributed by atoms with Crippen molar-refractivity contribution >= 4 is 28.8 Å². The van der Waals surface area contributed by atoms with Gasteiger partial charge in [0.05, 0.1) is 16.7 Å². The molecule has 0 aliphatic carbocycles. The molecule has 1 aliphatic heterocycles. The Morgan fingerprint density at radius 3 is 2.95 bits per heavy atom. The van der Waals surface area contributed by atoms with Crippen molar-refractivity contribution in [2.75, 3.05) is 6.54 Å². The summed E-state index contributed by atoms with van der Waals surface area (Å²) in [6, 6.07) is 1.96. The Balaban J connectivity index is 1.86. The molecule has 0 aromatic carbocycles. The molecule has 3 rings (SSSR count). The average Bonchev–Trinajstić information content (AvgIpc) is 3.02. The molecule has 0 atom stereocenters. The van der Waals surface area contributed by atoms with Gasteiger partial charge in [0.1, 0.15) is 5.76 Å². The summed E-state index contributed by atoms with van der Waals surface area (Å²) in [6.07, 6.45) is 3.53. The van der Waals surface area contributed by atoms with Crippen LogP contribution in [0, 0.1) is 0 Å². The average molecular weight is 324 g/mol. The fourth-order valence-corrected chi connectivity index (χ4v) is 4.24. The van der Waals surface area contributed by atoms with E-state index in [1.165, 1.54) is 11.3 Å². The zero-order chi connectivity index (χ0) is 15.0.